The Balaban J connectivity index is 2.10. The molecule has 1 aromatic heterocycles. The Morgan fingerprint density at radius 3 is 2.76 bits per heavy atom. The molecule has 2 N–H and O–H groups in total. The summed E-state index contributed by atoms with van der Waals surface area (Å²) in [5.41, 5.74) is 7.21. The Bertz CT molecular complexity index is 511. The van der Waals surface area contributed by atoms with E-state index in [9.17, 15) is 0 Å². The van der Waals surface area contributed by atoms with Crippen LogP contribution < -0.4 is 10.5 Å². The summed E-state index contributed by atoms with van der Waals surface area (Å²) < 4.78 is 5.52. The van der Waals surface area contributed by atoms with Gasteiger partial charge >= 0.3 is 0 Å². The third-order valence-corrected chi connectivity index (χ3v) is 2.55. The minimum Gasteiger partial charge on any atom is -0.473 e. The normalized spacial score (nSPS) is 10.2. The summed E-state index contributed by atoms with van der Waals surface area (Å²) in [5, 5.41) is 0.672. The Labute approximate surface area is 104 Å². The lowest BCUT2D eigenvalue weighted by Crippen LogP contribution is -2.02. The number of aromatic nitrogens is 2. The van der Waals surface area contributed by atoms with E-state index in [4.69, 9.17) is 22.1 Å². The van der Waals surface area contributed by atoms with Gasteiger partial charge in [0.15, 0.2) is 0 Å². The second kappa shape index (κ2) is 5.01. The summed E-state index contributed by atoms with van der Waals surface area (Å²) in [4.78, 5) is 7.95. The number of ether oxygens (including phenoxy) is 1. The molecule has 1 heterocycles. The summed E-state index contributed by atoms with van der Waals surface area (Å²) in [6.45, 7) is 2.19. The third kappa shape index (κ3) is 3.07. The van der Waals surface area contributed by atoms with Crippen molar-refractivity contribution in [2.24, 2.45) is 0 Å². The molecule has 0 amide bonds. The average Bonchev–Trinajstić information content (AvgIpc) is 2.27. The molecule has 1 aromatic carbocycles. The van der Waals surface area contributed by atoms with Crippen molar-refractivity contribution < 1.29 is 4.74 Å². The van der Waals surface area contributed by atoms with Crippen LogP contribution in [-0.4, -0.2) is 9.97 Å². The lowest BCUT2D eigenvalue weighted by Gasteiger charge is -2.07. The van der Waals surface area contributed by atoms with Crippen LogP contribution in [0.15, 0.2) is 30.3 Å². The second-order valence-electron chi connectivity index (χ2n) is 3.59. The van der Waals surface area contributed by atoms with Gasteiger partial charge in [-0.05, 0) is 13.0 Å². The molecule has 4 nitrogen and oxygen atoms in total. The van der Waals surface area contributed by atoms with Crippen molar-refractivity contribution in [2.75, 3.05) is 5.73 Å². The zero-order chi connectivity index (χ0) is 12.3. The molecule has 0 unspecified atom stereocenters. The van der Waals surface area contributed by atoms with Crippen molar-refractivity contribution in [2.45, 2.75) is 13.5 Å². The minimum atomic E-state index is 0.208. The van der Waals surface area contributed by atoms with Gasteiger partial charge in [-0.25, -0.2) is 4.98 Å². The quantitative estimate of drug-likeness (QED) is 0.908. The number of benzene rings is 1. The van der Waals surface area contributed by atoms with Crippen LogP contribution in [-0.2, 0) is 6.61 Å². The van der Waals surface area contributed by atoms with E-state index in [1.54, 1.807) is 6.07 Å². The maximum Gasteiger partial charge on any atom is 0.223 e. The van der Waals surface area contributed by atoms with Gasteiger partial charge < -0.3 is 10.5 Å². The molecular weight excluding hydrogens is 238 g/mol. The molecule has 0 spiro atoms. The van der Waals surface area contributed by atoms with Crippen molar-refractivity contribution in [3.05, 3.63) is 46.6 Å². The van der Waals surface area contributed by atoms with Crippen LogP contribution in [0, 0.1) is 6.92 Å². The van der Waals surface area contributed by atoms with E-state index >= 15 is 0 Å². The summed E-state index contributed by atoms with van der Waals surface area (Å²) in [6.07, 6.45) is 0. The Morgan fingerprint density at radius 2 is 2.06 bits per heavy atom. The smallest absolute Gasteiger partial charge is 0.223 e. The van der Waals surface area contributed by atoms with Crippen LogP contribution in [0.3, 0.4) is 0 Å². The molecule has 0 fully saturated rings. The highest BCUT2D eigenvalue weighted by molar-refractivity contribution is 6.31. The van der Waals surface area contributed by atoms with Crippen molar-refractivity contribution in [3.8, 4) is 5.88 Å². The van der Waals surface area contributed by atoms with E-state index in [0.717, 1.165) is 11.3 Å². The number of rotatable bonds is 3. The number of halogens is 1. The molecule has 2 aromatic rings. The van der Waals surface area contributed by atoms with Crippen LogP contribution in [0.2, 0.25) is 5.02 Å². The largest absolute Gasteiger partial charge is 0.473 e. The van der Waals surface area contributed by atoms with Gasteiger partial charge in [-0.1, -0.05) is 29.8 Å². The van der Waals surface area contributed by atoms with Gasteiger partial charge in [0.05, 0.1) is 0 Å². The minimum absolute atomic E-state index is 0.208. The fourth-order valence-electron chi connectivity index (χ4n) is 1.40. The standard InChI is InChI=1S/C12H12ClN3O/c1-8-6-11(16-12(14)15-8)17-7-9-4-2-3-5-10(9)13/h2-6H,7H2,1H3,(H2,14,15,16). The Kier molecular flexibility index (Phi) is 3.44. The molecule has 5 heteroatoms. The van der Waals surface area contributed by atoms with Crippen LogP contribution in [0.1, 0.15) is 11.3 Å². The van der Waals surface area contributed by atoms with Gasteiger partial charge in [0, 0.05) is 22.3 Å². The van der Waals surface area contributed by atoms with Gasteiger partial charge in [0.1, 0.15) is 6.61 Å². The average molecular weight is 250 g/mol. The van der Waals surface area contributed by atoms with Gasteiger partial charge in [-0.2, -0.15) is 4.98 Å². The number of hydrogen-bond donors (Lipinski definition) is 1. The van der Waals surface area contributed by atoms with Crippen molar-refractivity contribution >= 4 is 17.5 Å². The SMILES string of the molecule is Cc1cc(OCc2ccccc2Cl)nc(N)n1. The Morgan fingerprint density at radius 1 is 1.29 bits per heavy atom. The third-order valence-electron chi connectivity index (χ3n) is 2.18. The first-order valence-electron chi connectivity index (χ1n) is 5.12. The number of nitrogens with zero attached hydrogens (tertiary/aromatic N) is 2. The fraction of sp³-hybridized carbons (Fsp3) is 0.167. The summed E-state index contributed by atoms with van der Waals surface area (Å²) in [7, 11) is 0. The monoisotopic (exact) mass is 249 g/mol. The van der Waals surface area contributed by atoms with E-state index in [0.29, 0.717) is 17.5 Å². The van der Waals surface area contributed by atoms with Crippen LogP contribution >= 0.6 is 11.6 Å². The van der Waals surface area contributed by atoms with Crippen molar-refractivity contribution in [3.63, 3.8) is 0 Å². The first-order valence-corrected chi connectivity index (χ1v) is 5.50. The highest BCUT2D eigenvalue weighted by Gasteiger charge is 2.03. The number of hydrogen-bond acceptors (Lipinski definition) is 4. The molecule has 0 atom stereocenters. The highest BCUT2D eigenvalue weighted by atomic mass is 35.5. The first kappa shape index (κ1) is 11.7. The zero-order valence-electron chi connectivity index (χ0n) is 9.35. The van der Waals surface area contributed by atoms with E-state index in [1.807, 2.05) is 31.2 Å². The zero-order valence-corrected chi connectivity index (χ0v) is 10.1. The summed E-state index contributed by atoms with van der Waals surface area (Å²) >= 11 is 6.02. The summed E-state index contributed by atoms with van der Waals surface area (Å²) in [5.74, 6) is 0.661. The Hall–Kier alpha value is -1.81. The lowest BCUT2D eigenvalue weighted by molar-refractivity contribution is 0.293. The number of aryl methyl sites for hydroxylation is 1. The van der Waals surface area contributed by atoms with Crippen LogP contribution in [0.25, 0.3) is 0 Å². The molecule has 0 saturated carbocycles. The van der Waals surface area contributed by atoms with Crippen molar-refractivity contribution in [1.82, 2.24) is 9.97 Å². The predicted molar refractivity (Wildman–Crippen MR) is 67.0 cm³/mol. The number of nitrogen functional groups attached to an aromatic ring is 1. The van der Waals surface area contributed by atoms with Gasteiger partial charge in [-0.3, -0.25) is 0 Å². The summed E-state index contributed by atoms with van der Waals surface area (Å²) in [6, 6.07) is 9.23. The van der Waals surface area contributed by atoms with E-state index in [2.05, 4.69) is 9.97 Å². The van der Waals surface area contributed by atoms with Gasteiger partial charge in [0.25, 0.3) is 0 Å². The molecule has 2 rings (SSSR count). The first-order chi connectivity index (χ1) is 8.15. The maximum atomic E-state index is 6.02. The van der Waals surface area contributed by atoms with E-state index in [-0.39, 0.29) is 5.95 Å². The molecule has 17 heavy (non-hydrogen) atoms. The van der Waals surface area contributed by atoms with Crippen LogP contribution in [0.4, 0.5) is 5.95 Å². The predicted octanol–water partition coefficient (Wildman–Crippen LogP) is 2.60. The highest BCUT2D eigenvalue weighted by Crippen LogP contribution is 2.18. The van der Waals surface area contributed by atoms with Gasteiger partial charge in [0.2, 0.25) is 11.8 Å². The molecule has 0 radical (unpaired) electrons. The molecular formula is C12H12ClN3O. The molecule has 0 aliphatic rings. The van der Waals surface area contributed by atoms with Crippen molar-refractivity contribution in [1.29, 1.82) is 0 Å². The van der Waals surface area contributed by atoms with E-state index < -0.39 is 0 Å². The van der Waals surface area contributed by atoms with E-state index in [1.165, 1.54) is 0 Å². The molecule has 0 saturated heterocycles. The number of anilines is 1. The molecule has 0 bridgehead atoms. The second-order valence-corrected chi connectivity index (χ2v) is 3.99. The fourth-order valence-corrected chi connectivity index (χ4v) is 1.59. The molecule has 88 valence electrons. The topological polar surface area (TPSA) is 61.0 Å². The van der Waals surface area contributed by atoms with Gasteiger partial charge in [-0.15, -0.1) is 0 Å². The number of nitrogens with two attached hydrogens (primary N) is 1. The molecule has 0 aliphatic carbocycles. The molecule has 0 aliphatic heterocycles. The lowest BCUT2D eigenvalue weighted by atomic mass is 10.2. The maximum absolute atomic E-state index is 6.02. The van der Waals surface area contributed by atoms with Crippen LogP contribution in [0.5, 0.6) is 5.88 Å².